The number of esters is 3. The third-order valence-corrected chi connectivity index (χ3v) is 13.7. The van der Waals surface area contributed by atoms with Gasteiger partial charge in [-0.3, -0.25) is 14.4 Å². The second-order valence-electron chi connectivity index (χ2n) is 21.6. The Kier molecular flexibility index (Phi) is 64.9. The highest BCUT2D eigenvalue weighted by Gasteiger charge is 2.19. The average Bonchev–Trinajstić information content (AvgIpc) is 3.48. The van der Waals surface area contributed by atoms with Crippen molar-refractivity contribution in [1.82, 2.24) is 0 Å². The maximum atomic E-state index is 12.8. The van der Waals surface area contributed by atoms with Crippen LogP contribution >= 0.6 is 0 Å². The molecule has 466 valence electrons. The summed E-state index contributed by atoms with van der Waals surface area (Å²) in [6.07, 6.45) is 103. The normalized spacial score (nSPS) is 13.2. The molecule has 6 nitrogen and oxygen atoms in total. The Morgan fingerprint density at radius 3 is 0.771 bits per heavy atom. The van der Waals surface area contributed by atoms with Gasteiger partial charge in [0.25, 0.3) is 0 Å². The molecule has 0 aromatic carbocycles. The van der Waals surface area contributed by atoms with E-state index in [0.29, 0.717) is 19.3 Å². The molecule has 0 fully saturated rings. The van der Waals surface area contributed by atoms with Crippen LogP contribution in [0.25, 0.3) is 0 Å². The molecule has 0 saturated carbocycles. The largest absolute Gasteiger partial charge is 0.462 e. The zero-order valence-electron chi connectivity index (χ0n) is 53.4. The molecule has 0 saturated heterocycles. The Morgan fingerprint density at radius 2 is 0.482 bits per heavy atom. The van der Waals surface area contributed by atoms with Crippen LogP contribution < -0.4 is 0 Å². The first-order valence-electron chi connectivity index (χ1n) is 33.6. The number of ether oxygens (including phenoxy) is 3. The second kappa shape index (κ2) is 69.3. The molecular weight excluding hydrogens is 1020 g/mol. The second-order valence-corrected chi connectivity index (χ2v) is 21.6. The molecule has 6 heteroatoms. The van der Waals surface area contributed by atoms with E-state index < -0.39 is 6.10 Å². The summed E-state index contributed by atoms with van der Waals surface area (Å²) in [7, 11) is 0. The Balaban J connectivity index is 4.14. The van der Waals surface area contributed by atoms with Crippen LogP contribution in [-0.4, -0.2) is 37.2 Å². The van der Waals surface area contributed by atoms with Gasteiger partial charge < -0.3 is 14.2 Å². The van der Waals surface area contributed by atoms with Crippen LogP contribution in [0.2, 0.25) is 0 Å². The Morgan fingerprint density at radius 1 is 0.253 bits per heavy atom. The molecule has 0 aliphatic carbocycles. The van der Waals surface area contributed by atoms with Crippen LogP contribution in [0.15, 0.2) is 170 Å². The van der Waals surface area contributed by atoms with Gasteiger partial charge in [0, 0.05) is 19.3 Å². The Bertz CT molecular complexity index is 1890. The summed E-state index contributed by atoms with van der Waals surface area (Å²) in [5.41, 5.74) is 0. The van der Waals surface area contributed by atoms with Gasteiger partial charge in [-0.2, -0.15) is 0 Å². The van der Waals surface area contributed by atoms with E-state index in [1.807, 2.05) is 0 Å². The molecule has 1 unspecified atom stereocenters. The standard InChI is InChI=1S/C77H122O6/c1-4-7-10-13-15-17-19-21-23-25-27-29-31-33-35-37-38-40-41-43-45-47-49-51-53-55-57-59-61-64-67-70-76(79)82-73-74(72-81-75(78)69-66-63-12-9-6-3)83-77(80)71-68-65-62-60-58-56-54-52-50-48-46-44-42-39-36-34-32-30-28-26-24-22-20-18-16-14-11-8-5-2/h7-8,10-11,15-18,21-24,27-30,33-36,42,44,48,50,54,56,60,62,74H,4-6,9,12-14,19-20,25-26,31-32,37-41,43,45-47,49,51-53,55,57-59,61,63-73H2,1-3H3/b10-7-,11-8-,17-15-,18-16-,23-21-,24-22-,29-27-,30-28-,35-33-,36-34-,44-42-,50-48-,56-54-,62-60-. The van der Waals surface area contributed by atoms with Crippen LogP contribution in [-0.2, 0) is 28.6 Å². The van der Waals surface area contributed by atoms with Crippen molar-refractivity contribution in [3.8, 4) is 0 Å². The van der Waals surface area contributed by atoms with Crippen molar-refractivity contribution in [2.24, 2.45) is 0 Å². The molecule has 0 bridgehead atoms. The van der Waals surface area contributed by atoms with Gasteiger partial charge in [-0.15, -0.1) is 0 Å². The molecule has 83 heavy (non-hydrogen) atoms. The first kappa shape index (κ1) is 77.8. The highest BCUT2D eigenvalue weighted by molar-refractivity contribution is 5.71. The first-order valence-corrected chi connectivity index (χ1v) is 33.6. The Labute approximate surface area is 511 Å². The number of rotatable bonds is 59. The number of allylic oxidation sites excluding steroid dienone is 28. The number of hydrogen-bond donors (Lipinski definition) is 0. The fraction of sp³-hybridized carbons (Fsp3) is 0.597. The lowest BCUT2D eigenvalue weighted by Crippen LogP contribution is -2.30. The highest BCUT2D eigenvalue weighted by atomic mass is 16.6. The minimum absolute atomic E-state index is 0.106. The smallest absolute Gasteiger partial charge is 0.306 e. The SMILES string of the molecule is CC/C=C\C/C=C\C/C=C\C/C=C\C/C=C\C/C=C\C/C=C\C/C=C\C/C=C\CCCC(=O)OC(COC(=O)CCCCCCC)COC(=O)CCCCCCCCCCCCCCCCC/C=C\C/C=C\C/C=C\C/C=C\C/C=C\CC. The van der Waals surface area contributed by atoms with E-state index in [9.17, 15) is 14.4 Å². The van der Waals surface area contributed by atoms with E-state index in [4.69, 9.17) is 14.2 Å². The van der Waals surface area contributed by atoms with Gasteiger partial charge in [-0.05, 0) is 128 Å². The first-order chi connectivity index (χ1) is 41.0. The Hall–Kier alpha value is -5.23. The van der Waals surface area contributed by atoms with Gasteiger partial charge in [0.1, 0.15) is 13.2 Å². The molecule has 0 rings (SSSR count). The average molecular weight is 1140 g/mol. The van der Waals surface area contributed by atoms with Gasteiger partial charge in [-0.25, -0.2) is 0 Å². The number of carbonyl (C=O) groups is 3. The summed E-state index contributed by atoms with van der Waals surface area (Å²) >= 11 is 0. The van der Waals surface area contributed by atoms with Gasteiger partial charge in [0.2, 0.25) is 0 Å². The lowest BCUT2D eigenvalue weighted by molar-refractivity contribution is -0.167. The molecule has 0 aromatic rings. The quantitative estimate of drug-likeness (QED) is 0.0261. The number of carbonyl (C=O) groups excluding carboxylic acids is 3. The van der Waals surface area contributed by atoms with E-state index in [2.05, 4.69) is 191 Å². The van der Waals surface area contributed by atoms with Crippen molar-refractivity contribution >= 4 is 17.9 Å². The van der Waals surface area contributed by atoms with E-state index >= 15 is 0 Å². The summed E-state index contributed by atoms with van der Waals surface area (Å²) in [5.74, 6) is -0.984. The van der Waals surface area contributed by atoms with Crippen molar-refractivity contribution in [2.45, 2.75) is 284 Å². The van der Waals surface area contributed by atoms with Gasteiger partial charge in [0.15, 0.2) is 6.10 Å². The molecule has 1 atom stereocenters. The molecule has 0 heterocycles. The monoisotopic (exact) mass is 1140 g/mol. The summed E-state index contributed by atoms with van der Waals surface area (Å²) in [6, 6.07) is 0. The van der Waals surface area contributed by atoms with Crippen molar-refractivity contribution in [3.63, 3.8) is 0 Å². The van der Waals surface area contributed by atoms with Gasteiger partial charge in [0.05, 0.1) is 0 Å². The summed E-state index contributed by atoms with van der Waals surface area (Å²) in [5, 5.41) is 0. The minimum atomic E-state index is -0.813. The molecule has 0 amide bonds. The van der Waals surface area contributed by atoms with Crippen LogP contribution in [0.4, 0.5) is 0 Å². The fourth-order valence-corrected chi connectivity index (χ4v) is 8.77. The zero-order chi connectivity index (χ0) is 59.9. The van der Waals surface area contributed by atoms with E-state index in [1.54, 1.807) is 0 Å². The molecule has 0 radical (unpaired) electrons. The molecular formula is C77H122O6. The van der Waals surface area contributed by atoms with Crippen LogP contribution in [0, 0.1) is 0 Å². The van der Waals surface area contributed by atoms with E-state index in [-0.39, 0.29) is 37.5 Å². The predicted octanol–water partition coefficient (Wildman–Crippen LogP) is 23.4. The molecule has 0 aliphatic rings. The van der Waals surface area contributed by atoms with Crippen molar-refractivity contribution in [1.29, 1.82) is 0 Å². The van der Waals surface area contributed by atoms with E-state index in [0.717, 1.165) is 148 Å². The molecule has 0 aliphatic heterocycles. The number of unbranched alkanes of at least 4 members (excludes halogenated alkanes) is 20. The maximum absolute atomic E-state index is 12.8. The van der Waals surface area contributed by atoms with Crippen molar-refractivity contribution in [2.75, 3.05) is 13.2 Å². The zero-order valence-corrected chi connectivity index (χ0v) is 53.4. The van der Waals surface area contributed by atoms with Crippen LogP contribution in [0.5, 0.6) is 0 Å². The van der Waals surface area contributed by atoms with Gasteiger partial charge in [-0.1, -0.05) is 300 Å². The fourth-order valence-electron chi connectivity index (χ4n) is 8.77. The topological polar surface area (TPSA) is 78.9 Å². The lowest BCUT2D eigenvalue weighted by Gasteiger charge is -2.18. The maximum Gasteiger partial charge on any atom is 0.306 e. The van der Waals surface area contributed by atoms with Crippen molar-refractivity contribution < 1.29 is 28.6 Å². The van der Waals surface area contributed by atoms with E-state index in [1.165, 1.54) is 83.5 Å². The summed E-state index contributed by atoms with van der Waals surface area (Å²) in [4.78, 5) is 38.0. The molecule has 0 aromatic heterocycles. The minimum Gasteiger partial charge on any atom is -0.462 e. The molecule has 0 spiro atoms. The lowest BCUT2D eigenvalue weighted by atomic mass is 10.0. The summed E-state index contributed by atoms with van der Waals surface area (Å²) < 4.78 is 16.7. The number of hydrogen-bond acceptors (Lipinski definition) is 6. The van der Waals surface area contributed by atoms with Crippen LogP contribution in [0.3, 0.4) is 0 Å². The predicted molar refractivity (Wildman–Crippen MR) is 361 cm³/mol. The highest BCUT2D eigenvalue weighted by Crippen LogP contribution is 2.15. The third kappa shape index (κ3) is 67.4. The summed E-state index contributed by atoms with van der Waals surface area (Å²) in [6.45, 7) is 6.28. The third-order valence-electron chi connectivity index (χ3n) is 13.7. The van der Waals surface area contributed by atoms with Crippen LogP contribution in [0.1, 0.15) is 278 Å². The van der Waals surface area contributed by atoms with Crippen molar-refractivity contribution in [3.05, 3.63) is 170 Å². The van der Waals surface area contributed by atoms with Gasteiger partial charge >= 0.3 is 17.9 Å². The molecule has 0 N–H and O–H groups in total.